The van der Waals surface area contributed by atoms with E-state index in [2.05, 4.69) is 25.8 Å². The Morgan fingerprint density at radius 1 is 1.06 bits per heavy atom. The molecule has 0 aliphatic carbocycles. The molecule has 2 aromatic heterocycles. The van der Waals surface area contributed by atoms with Crippen LogP contribution in [0.1, 0.15) is 24.9 Å². The highest BCUT2D eigenvalue weighted by molar-refractivity contribution is 6.35. The summed E-state index contributed by atoms with van der Waals surface area (Å²) < 4.78 is 1.65. The maximum atomic E-state index is 13.0. The summed E-state index contributed by atoms with van der Waals surface area (Å²) in [5, 5.41) is 21.4. The lowest BCUT2D eigenvalue weighted by Crippen LogP contribution is -2.28. The monoisotopic (exact) mass is 489 g/mol. The van der Waals surface area contributed by atoms with Crippen LogP contribution in [0.2, 0.25) is 15.1 Å². The summed E-state index contributed by atoms with van der Waals surface area (Å²) in [4.78, 5) is 14.3. The minimum Gasteiger partial charge on any atom is -0.309 e. The van der Waals surface area contributed by atoms with E-state index in [1.54, 1.807) is 53.3 Å². The van der Waals surface area contributed by atoms with Gasteiger partial charge >= 0.3 is 0 Å². The summed E-state index contributed by atoms with van der Waals surface area (Å²) in [7, 11) is 0. The number of aromatic nitrogens is 6. The SMILES string of the molecule is CCC(C(=O)Nc1ccnn1Cc1ccc(Cl)cc1Cl)n1nnc(-c2ccc(Cl)cc2)n1. The van der Waals surface area contributed by atoms with Crippen molar-refractivity contribution in [3.05, 3.63) is 75.4 Å². The first-order chi connectivity index (χ1) is 15.4. The average Bonchev–Trinajstić information content (AvgIpc) is 3.41. The number of nitrogens with zero attached hydrogens (tertiary/aromatic N) is 6. The number of hydrogen-bond acceptors (Lipinski definition) is 5. The van der Waals surface area contributed by atoms with E-state index in [1.165, 1.54) is 4.80 Å². The smallest absolute Gasteiger partial charge is 0.252 e. The quantitative estimate of drug-likeness (QED) is 0.387. The number of anilines is 1. The molecule has 1 amide bonds. The molecule has 0 saturated heterocycles. The van der Waals surface area contributed by atoms with Crippen molar-refractivity contribution >= 4 is 46.5 Å². The van der Waals surface area contributed by atoms with Crippen LogP contribution in [0.3, 0.4) is 0 Å². The predicted molar refractivity (Wildman–Crippen MR) is 124 cm³/mol. The highest BCUT2D eigenvalue weighted by Gasteiger charge is 2.23. The molecule has 2 aromatic carbocycles. The van der Waals surface area contributed by atoms with Crippen LogP contribution >= 0.6 is 34.8 Å². The fraction of sp³-hybridized carbons (Fsp3) is 0.190. The van der Waals surface area contributed by atoms with Gasteiger partial charge in [-0.2, -0.15) is 9.90 Å². The molecule has 8 nitrogen and oxygen atoms in total. The molecule has 1 atom stereocenters. The number of carbonyl (C=O) groups is 1. The van der Waals surface area contributed by atoms with E-state index in [0.717, 1.165) is 11.1 Å². The standard InChI is InChI=1S/C21H18Cl3N7O/c1-2-18(31-28-20(27-29-31)13-3-6-15(22)7-4-13)21(32)26-19-9-10-25-30(19)12-14-5-8-16(23)11-17(14)24/h3-11,18H,2,12H2,1H3,(H,26,32). The molecule has 1 unspecified atom stereocenters. The zero-order chi connectivity index (χ0) is 22.7. The molecule has 0 aliphatic heterocycles. The van der Waals surface area contributed by atoms with Crippen molar-refractivity contribution in [2.24, 2.45) is 0 Å². The van der Waals surface area contributed by atoms with Gasteiger partial charge in [0, 0.05) is 26.7 Å². The first-order valence-corrected chi connectivity index (χ1v) is 10.9. The minimum atomic E-state index is -0.647. The third kappa shape index (κ3) is 4.93. The van der Waals surface area contributed by atoms with E-state index in [9.17, 15) is 4.79 Å². The summed E-state index contributed by atoms with van der Waals surface area (Å²) in [5.74, 6) is 0.657. The normalized spacial score (nSPS) is 12.0. The molecule has 164 valence electrons. The van der Waals surface area contributed by atoms with Crippen LogP contribution in [-0.4, -0.2) is 35.9 Å². The number of amides is 1. The zero-order valence-corrected chi connectivity index (χ0v) is 19.2. The van der Waals surface area contributed by atoms with Gasteiger partial charge in [-0.15, -0.1) is 10.2 Å². The van der Waals surface area contributed by atoms with E-state index < -0.39 is 6.04 Å². The van der Waals surface area contributed by atoms with Gasteiger partial charge in [0.1, 0.15) is 5.82 Å². The molecular weight excluding hydrogens is 473 g/mol. The van der Waals surface area contributed by atoms with Crippen LogP contribution < -0.4 is 5.32 Å². The van der Waals surface area contributed by atoms with Gasteiger partial charge in [0.25, 0.3) is 5.91 Å². The van der Waals surface area contributed by atoms with Crippen molar-refractivity contribution < 1.29 is 4.79 Å². The molecule has 2 heterocycles. The van der Waals surface area contributed by atoms with E-state index in [0.29, 0.717) is 39.7 Å². The molecule has 0 saturated carbocycles. The number of tetrazole rings is 1. The number of benzene rings is 2. The Bertz CT molecular complexity index is 1240. The number of hydrogen-bond donors (Lipinski definition) is 1. The first-order valence-electron chi connectivity index (χ1n) is 9.76. The average molecular weight is 491 g/mol. The number of halogens is 3. The zero-order valence-electron chi connectivity index (χ0n) is 16.9. The summed E-state index contributed by atoms with van der Waals surface area (Å²) in [6.45, 7) is 2.25. The van der Waals surface area contributed by atoms with Crippen LogP contribution in [0.25, 0.3) is 11.4 Å². The van der Waals surface area contributed by atoms with Crippen LogP contribution in [0, 0.1) is 0 Å². The number of rotatable bonds is 7. The van der Waals surface area contributed by atoms with Gasteiger partial charge in [0.15, 0.2) is 6.04 Å². The maximum absolute atomic E-state index is 13.0. The summed E-state index contributed by atoms with van der Waals surface area (Å²) in [5.41, 5.74) is 1.58. The molecule has 0 fully saturated rings. The summed E-state index contributed by atoms with van der Waals surface area (Å²) >= 11 is 18.2. The highest BCUT2D eigenvalue weighted by atomic mass is 35.5. The van der Waals surface area contributed by atoms with Crippen LogP contribution in [0.5, 0.6) is 0 Å². The lowest BCUT2D eigenvalue weighted by Gasteiger charge is -2.15. The van der Waals surface area contributed by atoms with Crippen molar-refractivity contribution in [3.63, 3.8) is 0 Å². The van der Waals surface area contributed by atoms with E-state index >= 15 is 0 Å². The maximum Gasteiger partial charge on any atom is 0.252 e. The van der Waals surface area contributed by atoms with Crippen molar-refractivity contribution in [3.8, 4) is 11.4 Å². The Kier molecular flexibility index (Phi) is 6.74. The minimum absolute atomic E-state index is 0.281. The fourth-order valence-corrected chi connectivity index (χ4v) is 3.71. The molecule has 32 heavy (non-hydrogen) atoms. The van der Waals surface area contributed by atoms with Gasteiger partial charge < -0.3 is 5.32 Å². The second kappa shape index (κ2) is 9.68. The second-order valence-electron chi connectivity index (χ2n) is 6.96. The Balaban J connectivity index is 1.50. The summed E-state index contributed by atoms with van der Waals surface area (Å²) in [6, 6.07) is 13.4. The Morgan fingerprint density at radius 2 is 1.81 bits per heavy atom. The van der Waals surface area contributed by atoms with Crippen LogP contribution in [0.15, 0.2) is 54.7 Å². The molecule has 11 heteroatoms. The molecule has 4 rings (SSSR count). The van der Waals surface area contributed by atoms with Crippen molar-refractivity contribution in [2.45, 2.75) is 25.9 Å². The topological polar surface area (TPSA) is 90.5 Å². The molecule has 0 aliphatic rings. The van der Waals surface area contributed by atoms with Gasteiger partial charge in [0.05, 0.1) is 12.7 Å². The van der Waals surface area contributed by atoms with Crippen molar-refractivity contribution in [1.29, 1.82) is 0 Å². The highest BCUT2D eigenvalue weighted by Crippen LogP contribution is 2.23. The predicted octanol–water partition coefficient (Wildman–Crippen LogP) is 5.13. The number of nitrogens with one attached hydrogen (secondary N) is 1. The van der Waals surface area contributed by atoms with Crippen LogP contribution in [0.4, 0.5) is 5.82 Å². The largest absolute Gasteiger partial charge is 0.309 e. The first kappa shape index (κ1) is 22.3. The van der Waals surface area contributed by atoms with E-state index in [-0.39, 0.29) is 5.91 Å². The summed E-state index contributed by atoms with van der Waals surface area (Å²) in [6.07, 6.45) is 2.08. The van der Waals surface area contributed by atoms with E-state index in [4.69, 9.17) is 34.8 Å². The third-order valence-electron chi connectivity index (χ3n) is 4.80. The van der Waals surface area contributed by atoms with E-state index in [1.807, 2.05) is 13.0 Å². The van der Waals surface area contributed by atoms with Crippen LogP contribution in [-0.2, 0) is 11.3 Å². The molecule has 0 spiro atoms. The molecule has 4 aromatic rings. The Hall–Kier alpha value is -2.94. The van der Waals surface area contributed by atoms with Gasteiger partial charge in [-0.25, -0.2) is 4.68 Å². The Labute approximate surface area is 199 Å². The molecule has 1 N–H and O–H groups in total. The number of carbonyl (C=O) groups excluding carboxylic acids is 1. The van der Waals surface area contributed by atoms with Gasteiger partial charge in [0.2, 0.25) is 5.82 Å². The third-order valence-corrected chi connectivity index (χ3v) is 5.64. The molecular formula is C21H18Cl3N7O. The Morgan fingerprint density at radius 3 is 2.53 bits per heavy atom. The van der Waals surface area contributed by atoms with Crippen molar-refractivity contribution in [1.82, 2.24) is 30.0 Å². The van der Waals surface area contributed by atoms with Gasteiger partial charge in [-0.3, -0.25) is 4.79 Å². The second-order valence-corrected chi connectivity index (χ2v) is 8.24. The lowest BCUT2D eigenvalue weighted by molar-refractivity contribution is -0.120. The lowest BCUT2D eigenvalue weighted by atomic mass is 10.2. The van der Waals surface area contributed by atoms with Crippen molar-refractivity contribution in [2.75, 3.05) is 5.32 Å². The molecule has 0 bridgehead atoms. The molecule has 0 radical (unpaired) electrons. The van der Waals surface area contributed by atoms with Gasteiger partial charge in [-0.1, -0.05) is 47.8 Å². The van der Waals surface area contributed by atoms with Gasteiger partial charge in [-0.05, 0) is 53.6 Å². The fourth-order valence-electron chi connectivity index (χ4n) is 3.11.